The second-order valence-corrected chi connectivity index (χ2v) is 6.93. The molecule has 0 radical (unpaired) electrons. The smallest absolute Gasteiger partial charge is 0.274 e. The molecule has 2 rings (SSSR count). The lowest BCUT2D eigenvalue weighted by Gasteiger charge is -2.20. The van der Waals surface area contributed by atoms with Crippen molar-refractivity contribution in [1.82, 2.24) is 4.98 Å². The highest BCUT2D eigenvalue weighted by atomic mass is 16.1. The molecule has 0 bridgehead atoms. The summed E-state index contributed by atoms with van der Waals surface area (Å²) in [6.45, 7) is 11.5. The van der Waals surface area contributed by atoms with E-state index in [1.54, 1.807) is 12.3 Å². The van der Waals surface area contributed by atoms with E-state index >= 15 is 0 Å². The highest BCUT2D eigenvalue weighted by molar-refractivity contribution is 6.04. The third-order valence-electron chi connectivity index (χ3n) is 4.18. The van der Waals surface area contributed by atoms with Crippen LogP contribution in [0, 0.1) is 0 Å². The van der Waals surface area contributed by atoms with Crippen LogP contribution in [0.3, 0.4) is 0 Å². The van der Waals surface area contributed by atoms with Crippen molar-refractivity contribution in [2.75, 3.05) is 17.2 Å². The molecule has 1 aromatic carbocycles. The Morgan fingerprint density at radius 2 is 1.72 bits per heavy atom. The highest BCUT2D eigenvalue weighted by Gasteiger charge is 2.17. The summed E-state index contributed by atoms with van der Waals surface area (Å²) in [6.07, 6.45) is 2.70. The molecular formula is C21H29N3O. The number of carbonyl (C=O) groups is 1. The number of nitrogens with one attached hydrogen (secondary N) is 2. The number of para-hydroxylation sites is 1. The third kappa shape index (κ3) is 4.81. The molecular weight excluding hydrogens is 310 g/mol. The predicted octanol–water partition coefficient (Wildman–Crippen LogP) is 5.40. The molecule has 0 atom stereocenters. The van der Waals surface area contributed by atoms with E-state index in [0.29, 0.717) is 17.5 Å². The molecule has 0 fully saturated rings. The fraction of sp³-hybridized carbons (Fsp3) is 0.429. The molecule has 0 saturated heterocycles. The first-order chi connectivity index (χ1) is 11.9. The summed E-state index contributed by atoms with van der Waals surface area (Å²) in [5, 5.41) is 6.40. The van der Waals surface area contributed by atoms with E-state index in [1.807, 2.05) is 6.07 Å². The average Bonchev–Trinajstić information content (AvgIpc) is 2.59. The van der Waals surface area contributed by atoms with Gasteiger partial charge in [-0.25, -0.2) is 0 Å². The van der Waals surface area contributed by atoms with E-state index in [2.05, 4.69) is 68.4 Å². The van der Waals surface area contributed by atoms with Crippen molar-refractivity contribution >= 4 is 17.3 Å². The number of benzene rings is 1. The van der Waals surface area contributed by atoms with Gasteiger partial charge >= 0.3 is 0 Å². The van der Waals surface area contributed by atoms with E-state index in [0.717, 1.165) is 35.5 Å². The van der Waals surface area contributed by atoms with Gasteiger partial charge in [-0.3, -0.25) is 9.78 Å². The van der Waals surface area contributed by atoms with E-state index in [4.69, 9.17) is 0 Å². The van der Waals surface area contributed by atoms with E-state index in [1.165, 1.54) is 0 Å². The normalized spacial score (nSPS) is 11.0. The molecule has 2 N–H and O–H groups in total. The van der Waals surface area contributed by atoms with Crippen molar-refractivity contribution < 1.29 is 4.79 Å². The molecule has 0 saturated carbocycles. The zero-order valence-corrected chi connectivity index (χ0v) is 15.9. The maximum absolute atomic E-state index is 12.8. The van der Waals surface area contributed by atoms with Crippen LogP contribution in [0.4, 0.5) is 11.4 Å². The van der Waals surface area contributed by atoms with Gasteiger partial charge in [-0.2, -0.15) is 0 Å². The highest BCUT2D eigenvalue weighted by Crippen LogP contribution is 2.32. The van der Waals surface area contributed by atoms with Crippen molar-refractivity contribution in [2.24, 2.45) is 0 Å². The minimum Gasteiger partial charge on any atom is -0.385 e. The van der Waals surface area contributed by atoms with E-state index < -0.39 is 0 Å². The largest absolute Gasteiger partial charge is 0.385 e. The molecule has 4 nitrogen and oxygen atoms in total. The molecule has 0 aliphatic rings. The number of pyridine rings is 1. The Morgan fingerprint density at radius 1 is 1.08 bits per heavy atom. The minimum absolute atomic E-state index is 0.171. The molecule has 1 aromatic heterocycles. The van der Waals surface area contributed by atoms with Crippen molar-refractivity contribution in [1.29, 1.82) is 0 Å². The summed E-state index contributed by atoms with van der Waals surface area (Å²) in [7, 11) is 0. The van der Waals surface area contributed by atoms with Crippen LogP contribution in [-0.2, 0) is 0 Å². The lowest BCUT2D eigenvalue weighted by Crippen LogP contribution is -2.17. The zero-order chi connectivity index (χ0) is 18.4. The van der Waals surface area contributed by atoms with Crippen LogP contribution < -0.4 is 10.6 Å². The van der Waals surface area contributed by atoms with Gasteiger partial charge in [0.25, 0.3) is 5.91 Å². The van der Waals surface area contributed by atoms with Gasteiger partial charge < -0.3 is 10.6 Å². The first-order valence-electron chi connectivity index (χ1n) is 9.08. The van der Waals surface area contributed by atoms with Gasteiger partial charge in [0.2, 0.25) is 0 Å². The van der Waals surface area contributed by atoms with Crippen LogP contribution in [0.1, 0.15) is 74.5 Å². The molecule has 4 heteroatoms. The average molecular weight is 339 g/mol. The molecule has 134 valence electrons. The molecule has 0 aliphatic carbocycles. The van der Waals surface area contributed by atoms with Gasteiger partial charge in [-0.15, -0.1) is 0 Å². The second kappa shape index (κ2) is 8.65. The summed E-state index contributed by atoms with van der Waals surface area (Å²) in [5.74, 6) is 0.495. The SMILES string of the molecule is CCCNc1ccnc(C(=O)Nc2c(C(C)C)cccc2C(C)C)c1. The lowest BCUT2D eigenvalue weighted by atomic mass is 9.92. The number of hydrogen-bond acceptors (Lipinski definition) is 3. The van der Waals surface area contributed by atoms with Gasteiger partial charge in [0.15, 0.2) is 0 Å². The van der Waals surface area contributed by atoms with Gasteiger partial charge in [0.05, 0.1) is 0 Å². The van der Waals surface area contributed by atoms with Gasteiger partial charge in [0, 0.05) is 24.1 Å². The van der Waals surface area contributed by atoms with Crippen LogP contribution in [-0.4, -0.2) is 17.4 Å². The van der Waals surface area contributed by atoms with Gasteiger partial charge in [0.1, 0.15) is 5.69 Å². The Balaban J connectivity index is 2.31. The third-order valence-corrected chi connectivity index (χ3v) is 4.18. The van der Waals surface area contributed by atoms with Gasteiger partial charge in [-0.05, 0) is 41.5 Å². The number of hydrogen-bond donors (Lipinski definition) is 2. The summed E-state index contributed by atoms with van der Waals surface area (Å²) in [6, 6.07) is 9.91. The minimum atomic E-state index is -0.171. The van der Waals surface area contributed by atoms with Gasteiger partial charge in [-0.1, -0.05) is 52.8 Å². The molecule has 2 aromatic rings. The first-order valence-corrected chi connectivity index (χ1v) is 9.08. The summed E-state index contributed by atoms with van der Waals surface area (Å²) < 4.78 is 0. The maximum atomic E-state index is 12.8. The number of carbonyl (C=O) groups excluding carboxylic acids is 1. The Labute approximate surface area is 151 Å². The maximum Gasteiger partial charge on any atom is 0.274 e. The topological polar surface area (TPSA) is 54.0 Å². The molecule has 0 unspecified atom stereocenters. The Morgan fingerprint density at radius 3 is 2.28 bits per heavy atom. The number of aromatic nitrogens is 1. The molecule has 0 spiro atoms. The molecule has 0 aliphatic heterocycles. The molecule has 1 amide bonds. The Bertz CT molecular complexity index is 697. The zero-order valence-electron chi connectivity index (χ0n) is 15.9. The number of anilines is 2. The number of rotatable bonds is 7. The van der Waals surface area contributed by atoms with Crippen molar-refractivity contribution in [3.05, 3.63) is 53.3 Å². The van der Waals surface area contributed by atoms with E-state index in [-0.39, 0.29) is 5.91 Å². The van der Waals surface area contributed by atoms with Crippen LogP contribution in [0.2, 0.25) is 0 Å². The van der Waals surface area contributed by atoms with Crippen LogP contribution >= 0.6 is 0 Å². The fourth-order valence-electron chi connectivity index (χ4n) is 2.81. The molecule has 25 heavy (non-hydrogen) atoms. The first kappa shape index (κ1) is 19.0. The second-order valence-electron chi connectivity index (χ2n) is 6.93. The summed E-state index contributed by atoms with van der Waals surface area (Å²) in [4.78, 5) is 17.0. The summed E-state index contributed by atoms with van der Waals surface area (Å²) in [5.41, 5.74) is 4.57. The summed E-state index contributed by atoms with van der Waals surface area (Å²) >= 11 is 0. The number of amides is 1. The predicted molar refractivity (Wildman–Crippen MR) is 106 cm³/mol. The standard InChI is InChI=1S/C21H29N3O/c1-6-11-22-16-10-12-23-19(13-16)21(25)24-20-17(14(2)3)8-7-9-18(20)15(4)5/h7-10,12-15H,6,11H2,1-5H3,(H,22,23)(H,24,25). The molecule has 1 heterocycles. The van der Waals surface area contributed by atoms with Crippen LogP contribution in [0.25, 0.3) is 0 Å². The van der Waals surface area contributed by atoms with Crippen LogP contribution in [0.15, 0.2) is 36.5 Å². The van der Waals surface area contributed by atoms with E-state index in [9.17, 15) is 4.79 Å². The Kier molecular flexibility index (Phi) is 6.57. The fourth-order valence-corrected chi connectivity index (χ4v) is 2.81. The van der Waals surface area contributed by atoms with Crippen LogP contribution in [0.5, 0.6) is 0 Å². The quantitative estimate of drug-likeness (QED) is 0.710. The lowest BCUT2D eigenvalue weighted by molar-refractivity contribution is 0.102. The monoisotopic (exact) mass is 339 g/mol. The van der Waals surface area contributed by atoms with Crippen molar-refractivity contribution in [3.63, 3.8) is 0 Å². The van der Waals surface area contributed by atoms with Crippen molar-refractivity contribution in [2.45, 2.75) is 52.9 Å². The number of nitrogens with zero attached hydrogens (tertiary/aromatic N) is 1. The van der Waals surface area contributed by atoms with Crippen molar-refractivity contribution in [3.8, 4) is 0 Å². The Hall–Kier alpha value is -2.36.